The van der Waals surface area contributed by atoms with Gasteiger partial charge >= 0.3 is 0 Å². The second kappa shape index (κ2) is 7.53. The molecule has 128 valence electrons. The van der Waals surface area contributed by atoms with Crippen LogP contribution in [0, 0.1) is 5.92 Å². The molecule has 0 aliphatic carbocycles. The number of nitrogens with one attached hydrogen (secondary N) is 1. The predicted molar refractivity (Wildman–Crippen MR) is 90.4 cm³/mol. The van der Waals surface area contributed by atoms with E-state index >= 15 is 0 Å². The van der Waals surface area contributed by atoms with Crippen LogP contribution in [0.1, 0.15) is 32.5 Å². The molecule has 1 saturated heterocycles. The highest BCUT2D eigenvalue weighted by atomic mass is 16.1. The summed E-state index contributed by atoms with van der Waals surface area (Å²) in [4.78, 5) is 14.9. The number of carbonyl (C=O) groups is 1. The molecule has 7 nitrogen and oxygen atoms in total. The Morgan fingerprint density at radius 2 is 2.12 bits per heavy atom. The molecule has 1 aromatic heterocycles. The van der Waals surface area contributed by atoms with Crippen molar-refractivity contribution >= 4 is 5.91 Å². The Morgan fingerprint density at radius 3 is 2.88 bits per heavy atom. The van der Waals surface area contributed by atoms with Crippen molar-refractivity contribution in [1.82, 2.24) is 30.4 Å². The van der Waals surface area contributed by atoms with E-state index in [1.54, 1.807) is 4.68 Å². The third-order valence-corrected chi connectivity index (χ3v) is 4.51. The number of amides is 1. The number of hydrogen-bond acceptors (Lipinski definition) is 5. The second-order valence-corrected chi connectivity index (χ2v) is 6.49. The van der Waals surface area contributed by atoms with Gasteiger partial charge in [0.2, 0.25) is 5.91 Å². The van der Waals surface area contributed by atoms with Crippen LogP contribution in [0.2, 0.25) is 0 Å². The van der Waals surface area contributed by atoms with E-state index < -0.39 is 0 Å². The maximum absolute atomic E-state index is 12.5. The first kappa shape index (κ1) is 16.6. The SMILES string of the molecule is CC(C)N1CCC[C@@H](C(=O)NCc2nnnn2-c2ccccc2)C1. The summed E-state index contributed by atoms with van der Waals surface area (Å²) in [6.07, 6.45) is 2.01. The number of likely N-dealkylation sites (tertiary alicyclic amines) is 1. The number of carbonyl (C=O) groups excluding carboxylic acids is 1. The van der Waals surface area contributed by atoms with Crippen molar-refractivity contribution in [1.29, 1.82) is 0 Å². The monoisotopic (exact) mass is 328 g/mol. The van der Waals surface area contributed by atoms with Crippen molar-refractivity contribution in [2.45, 2.75) is 39.3 Å². The summed E-state index contributed by atoms with van der Waals surface area (Å²) in [6, 6.07) is 10.2. The van der Waals surface area contributed by atoms with Gasteiger partial charge in [-0.15, -0.1) is 5.10 Å². The molecule has 0 saturated carbocycles. The van der Waals surface area contributed by atoms with Crippen LogP contribution in [0.25, 0.3) is 5.69 Å². The van der Waals surface area contributed by atoms with Crippen molar-refractivity contribution < 1.29 is 4.79 Å². The molecule has 1 N–H and O–H groups in total. The van der Waals surface area contributed by atoms with Gasteiger partial charge in [-0.25, -0.2) is 0 Å². The number of hydrogen-bond donors (Lipinski definition) is 1. The summed E-state index contributed by atoms with van der Waals surface area (Å²) in [5.74, 6) is 0.760. The van der Waals surface area contributed by atoms with Crippen LogP contribution < -0.4 is 5.32 Å². The predicted octanol–water partition coefficient (Wildman–Crippen LogP) is 1.40. The normalized spacial score (nSPS) is 18.7. The van der Waals surface area contributed by atoms with E-state index in [1.807, 2.05) is 30.3 Å². The summed E-state index contributed by atoms with van der Waals surface area (Å²) in [5.41, 5.74) is 0.885. The smallest absolute Gasteiger partial charge is 0.224 e. The Hall–Kier alpha value is -2.28. The molecule has 1 amide bonds. The van der Waals surface area contributed by atoms with Gasteiger partial charge in [0.1, 0.15) is 0 Å². The number of rotatable bonds is 5. The van der Waals surface area contributed by atoms with Crippen molar-refractivity contribution in [3.8, 4) is 5.69 Å². The molecule has 2 heterocycles. The molecule has 1 aliphatic heterocycles. The first-order valence-electron chi connectivity index (χ1n) is 8.49. The van der Waals surface area contributed by atoms with Crippen LogP contribution in [0.5, 0.6) is 0 Å². The average molecular weight is 328 g/mol. The molecule has 3 rings (SSSR count). The van der Waals surface area contributed by atoms with Crippen LogP contribution in [-0.4, -0.2) is 50.1 Å². The van der Waals surface area contributed by atoms with Gasteiger partial charge in [-0.2, -0.15) is 4.68 Å². The van der Waals surface area contributed by atoms with Crippen LogP contribution in [0.3, 0.4) is 0 Å². The molecule has 1 aromatic carbocycles. The van der Waals surface area contributed by atoms with Gasteiger partial charge in [-0.1, -0.05) is 18.2 Å². The third kappa shape index (κ3) is 3.79. The zero-order valence-electron chi connectivity index (χ0n) is 14.2. The van der Waals surface area contributed by atoms with E-state index in [9.17, 15) is 4.79 Å². The standard InChI is InChI=1S/C17H24N6O/c1-13(2)22-10-6-7-14(12-22)17(24)18-11-16-19-20-21-23(16)15-8-4-3-5-9-15/h3-5,8-9,13-14H,6-7,10-12H2,1-2H3,(H,18,24)/t14-/m1/s1. The highest BCUT2D eigenvalue weighted by Gasteiger charge is 2.27. The van der Waals surface area contributed by atoms with Crippen molar-refractivity contribution in [3.63, 3.8) is 0 Å². The van der Waals surface area contributed by atoms with Crippen molar-refractivity contribution in [2.75, 3.05) is 13.1 Å². The molecule has 1 aliphatic rings. The average Bonchev–Trinajstić information content (AvgIpc) is 3.09. The van der Waals surface area contributed by atoms with Gasteiger partial charge in [0.15, 0.2) is 5.82 Å². The number of benzene rings is 1. The summed E-state index contributed by atoms with van der Waals surface area (Å²) in [6.45, 7) is 6.59. The topological polar surface area (TPSA) is 75.9 Å². The lowest BCUT2D eigenvalue weighted by atomic mass is 9.96. The largest absolute Gasteiger partial charge is 0.348 e. The molecule has 1 fully saturated rings. The first-order chi connectivity index (χ1) is 11.6. The van der Waals surface area contributed by atoms with E-state index in [-0.39, 0.29) is 11.8 Å². The van der Waals surface area contributed by atoms with Gasteiger partial charge in [0, 0.05) is 12.6 Å². The van der Waals surface area contributed by atoms with Gasteiger partial charge in [-0.3, -0.25) is 4.79 Å². The van der Waals surface area contributed by atoms with E-state index in [0.29, 0.717) is 18.4 Å². The highest BCUT2D eigenvalue weighted by molar-refractivity contribution is 5.78. The number of piperidine rings is 1. The van der Waals surface area contributed by atoms with E-state index in [1.165, 1.54) is 0 Å². The Morgan fingerprint density at radius 1 is 1.33 bits per heavy atom. The lowest BCUT2D eigenvalue weighted by Crippen LogP contribution is -2.45. The summed E-state index contributed by atoms with van der Waals surface area (Å²) in [7, 11) is 0. The molecular formula is C17H24N6O. The van der Waals surface area contributed by atoms with Crippen LogP contribution in [-0.2, 0) is 11.3 Å². The Balaban J connectivity index is 1.60. The molecule has 0 radical (unpaired) electrons. The Bertz CT molecular complexity index is 669. The minimum atomic E-state index is 0.0437. The number of aromatic nitrogens is 4. The Labute approximate surface area is 142 Å². The van der Waals surface area contributed by atoms with E-state index in [2.05, 4.69) is 39.6 Å². The van der Waals surface area contributed by atoms with Crippen LogP contribution >= 0.6 is 0 Å². The molecule has 2 aromatic rings. The van der Waals surface area contributed by atoms with Crippen LogP contribution in [0.4, 0.5) is 0 Å². The summed E-state index contributed by atoms with van der Waals surface area (Å²) >= 11 is 0. The quantitative estimate of drug-likeness (QED) is 0.898. The molecule has 7 heteroatoms. The van der Waals surface area contributed by atoms with Gasteiger partial charge in [0.25, 0.3) is 0 Å². The second-order valence-electron chi connectivity index (χ2n) is 6.49. The first-order valence-corrected chi connectivity index (χ1v) is 8.49. The molecule has 0 spiro atoms. The minimum absolute atomic E-state index is 0.0437. The lowest BCUT2D eigenvalue weighted by molar-refractivity contribution is -0.127. The minimum Gasteiger partial charge on any atom is -0.348 e. The molecular weight excluding hydrogens is 304 g/mol. The van der Waals surface area contributed by atoms with E-state index in [0.717, 1.165) is 31.6 Å². The van der Waals surface area contributed by atoms with Crippen LogP contribution in [0.15, 0.2) is 30.3 Å². The molecule has 0 bridgehead atoms. The van der Waals surface area contributed by atoms with Gasteiger partial charge in [0.05, 0.1) is 18.2 Å². The third-order valence-electron chi connectivity index (χ3n) is 4.51. The Kier molecular flexibility index (Phi) is 5.20. The maximum atomic E-state index is 12.5. The fourth-order valence-electron chi connectivity index (χ4n) is 3.09. The molecule has 24 heavy (non-hydrogen) atoms. The van der Waals surface area contributed by atoms with Gasteiger partial charge < -0.3 is 10.2 Å². The number of para-hydroxylation sites is 1. The van der Waals surface area contributed by atoms with Gasteiger partial charge in [-0.05, 0) is 55.8 Å². The van der Waals surface area contributed by atoms with E-state index in [4.69, 9.17) is 0 Å². The maximum Gasteiger partial charge on any atom is 0.224 e. The highest BCUT2D eigenvalue weighted by Crippen LogP contribution is 2.18. The number of nitrogens with zero attached hydrogens (tertiary/aromatic N) is 5. The fraction of sp³-hybridized carbons (Fsp3) is 0.529. The zero-order chi connectivity index (χ0) is 16.9. The van der Waals surface area contributed by atoms with Crippen molar-refractivity contribution in [2.24, 2.45) is 5.92 Å². The zero-order valence-corrected chi connectivity index (χ0v) is 14.2. The lowest BCUT2D eigenvalue weighted by Gasteiger charge is -2.34. The number of tetrazole rings is 1. The molecule has 0 unspecified atom stereocenters. The fourth-order valence-corrected chi connectivity index (χ4v) is 3.09. The van der Waals surface area contributed by atoms with Crippen molar-refractivity contribution in [3.05, 3.63) is 36.2 Å². The summed E-state index contributed by atoms with van der Waals surface area (Å²) in [5, 5.41) is 14.8. The molecule has 1 atom stereocenters. The summed E-state index contributed by atoms with van der Waals surface area (Å²) < 4.78 is 1.65.